The summed E-state index contributed by atoms with van der Waals surface area (Å²) in [4.78, 5) is 51.5. The molecular weight excluding hydrogens is 514 g/mol. The minimum absolute atomic E-state index is 0.0769. The van der Waals surface area contributed by atoms with Crippen LogP contribution in [0.2, 0.25) is 0 Å². The SMILES string of the molecule is Cn1c(=O)[nH]c2ncc(-c3ccccc3-c3csc(N(C(=O)C(CC(=O)O)CC4CCCC4)C4CC4)n3)cc21. The molecule has 4 aromatic rings. The standard InChI is InChI=1S/C29H31N5O4S/c1-33-24-13-19(15-30-26(24)32-28(33)38)21-8-4-5-9-22(21)23-16-39-29(31-23)34(20-10-11-20)27(37)18(14-25(35)36)12-17-6-2-3-7-17/h4-5,8-9,13,15-18,20H,2-3,6-7,10-12,14H2,1H3,(H,35,36)(H,30,32,38). The summed E-state index contributed by atoms with van der Waals surface area (Å²) in [6.45, 7) is 0. The molecule has 0 bridgehead atoms. The molecule has 1 aromatic carbocycles. The quantitative estimate of drug-likeness (QED) is 0.298. The van der Waals surface area contributed by atoms with Crippen LogP contribution in [0.4, 0.5) is 5.13 Å². The van der Waals surface area contributed by atoms with Crippen molar-refractivity contribution in [2.24, 2.45) is 18.9 Å². The van der Waals surface area contributed by atoms with Gasteiger partial charge in [-0.15, -0.1) is 11.3 Å². The third kappa shape index (κ3) is 5.13. The summed E-state index contributed by atoms with van der Waals surface area (Å²) in [6.07, 6.45) is 8.49. The number of benzene rings is 1. The number of amides is 1. The number of pyridine rings is 1. The number of rotatable bonds is 9. The van der Waals surface area contributed by atoms with Crippen molar-refractivity contribution in [1.82, 2.24) is 19.5 Å². The van der Waals surface area contributed by atoms with Crippen LogP contribution in [0.15, 0.2) is 46.7 Å². The smallest absolute Gasteiger partial charge is 0.327 e. The second-order valence-electron chi connectivity index (χ2n) is 10.8. The van der Waals surface area contributed by atoms with Gasteiger partial charge in [0.05, 0.1) is 17.6 Å². The number of H-pyrrole nitrogens is 1. The summed E-state index contributed by atoms with van der Waals surface area (Å²) >= 11 is 1.42. The molecule has 202 valence electrons. The van der Waals surface area contributed by atoms with E-state index in [-0.39, 0.29) is 24.1 Å². The lowest BCUT2D eigenvalue weighted by Crippen LogP contribution is -2.39. The Labute approximate surface area is 229 Å². The van der Waals surface area contributed by atoms with E-state index in [1.165, 1.54) is 15.9 Å². The number of thiazole rings is 1. The third-order valence-electron chi connectivity index (χ3n) is 7.98. The first kappa shape index (κ1) is 25.5. The average molecular weight is 546 g/mol. The normalized spacial score (nSPS) is 16.5. The zero-order valence-electron chi connectivity index (χ0n) is 21.8. The molecule has 0 spiro atoms. The van der Waals surface area contributed by atoms with Gasteiger partial charge in [0.25, 0.3) is 0 Å². The number of carboxylic acids is 1. The lowest BCUT2D eigenvalue weighted by atomic mass is 9.90. The molecule has 10 heteroatoms. The number of carbonyl (C=O) groups is 2. The number of anilines is 1. The van der Waals surface area contributed by atoms with E-state index in [0.29, 0.717) is 28.6 Å². The van der Waals surface area contributed by atoms with E-state index in [2.05, 4.69) is 9.97 Å². The second kappa shape index (κ2) is 10.4. The van der Waals surface area contributed by atoms with Gasteiger partial charge in [0.2, 0.25) is 5.91 Å². The van der Waals surface area contributed by atoms with Gasteiger partial charge in [0, 0.05) is 41.7 Å². The van der Waals surface area contributed by atoms with E-state index in [1.807, 2.05) is 35.7 Å². The third-order valence-corrected chi connectivity index (χ3v) is 8.82. The predicted octanol–water partition coefficient (Wildman–Crippen LogP) is 5.22. The lowest BCUT2D eigenvalue weighted by Gasteiger charge is -2.26. The number of carboxylic acid groups (broad SMARTS) is 1. The molecule has 2 aliphatic carbocycles. The first-order valence-electron chi connectivity index (χ1n) is 13.5. The Morgan fingerprint density at radius 2 is 1.92 bits per heavy atom. The van der Waals surface area contributed by atoms with Gasteiger partial charge in [-0.25, -0.2) is 14.8 Å². The maximum atomic E-state index is 13.8. The van der Waals surface area contributed by atoms with E-state index in [0.717, 1.165) is 60.9 Å². The summed E-state index contributed by atoms with van der Waals surface area (Å²) in [7, 11) is 1.71. The van der Waals surface area contributed by atoms with Crippen molar-refractivity contribution in [3.05, 3.63) is 52.4 Å². The van der Waals surface area contributed by atoms with Gasteiger partial charge < -0.3 is 5.11 Å². The summed E-state index contributed by atoms with van der Waals surface area (Å²) in [5.41, 5.74) is 4.46. The molecule has 39 heavy (non-hydrogen) atoms. The summed E-state index contributed by atoms with van der Waals surface area (Å²) < 4.78 is 1.54. The number of hydrogen-bond acceptors (Lipinski definition) is 6. The first-order valence-corrected chi connectivity index (χ1v) is 14.4. The van der Waals surface area contributed by atoms with Crippen molar-refractivity contribution >= 4 is 39.5 Å². The number of carbonyl (C=O) groups excluding carboxylic acids is 1. The van der Waals surface area contributed by atoms with Crippen LogP contribution in [0.1, 0.15) is 51.4 Å². The molecule has 3 heterocycles. The highest BCUT2D eigenvalue weighted by Gasteiger charge is 2.40. The van der Waals surface area contributed by atoms with Crippen molar-refractivity contribution < 1.29 is 14.7 Å². The fraction of sp³-hybridized carbons (Fsp3) is 0.414. The minimum atomic E-state index is -0.929. The van der Waals surface area contributed by atoms with E-state index in [1.54, 1.807) is 18.1 Å². The van der Waals surface area contributed by atoms with Gasteiger partial charge >= 0.3 is 11.7 Å². The van der Waals surface area contributed by atoms with Crippen molar-refractivity contribution in [2.45, 2.75) is 57.4 Å². The Morgan fingerprint density at radius 3 is 2.64 bits per heavy atom. The molecule has 9 nitrogen and oxygen atoms in total. The molecule has 2 N–H and O–H groups in total. The number of imidazole rings is 1. The molecular formula is C29H31N5O4S. The van der Waals surface area contributed by atoms with Gasteiger partial charge in [0.15, 0.2) is 10.8 Å². The van der Waals surface area contributed by atoms with Crippen LogP contribution in [-0.4, -0.2) is 42.5 Å². The van der Waals surface area contributed by atoms with Gasteiger partial charge in [-0.1, -0.05) is 49.9 Å². The van der Waals surface area contributed by atoms with Crippen molar-refractivity contribution in [2.75, 3.05) is 4.90 Å². The molecule has 6 rings (SSSR count). The molecule has 1 unspecified atom stereocenters. The largest absolute Gasteiger partial charge is 0.481 e. The number of hydrogen-bond donors (Lipinski definition) is 2. The minimum Gasteiger partial charge on any atom is -0.481 e. The fourth-order valence-electron chi connectivity index (χ4n) is 5.79. The number of aromatic nitrogens is 4. The van der Waals surface area contributed by atoms with Gasteiger partial charge in [0.1, 0.15) is 0 Å². The highest BCUT2D eigenvalue weighted by atomic mass is 32.1. The monoisotopic (exact) mass is 545 g/mol. The molecule has 0 radical (unpaired) electrons. The lowest BCUT2D eigenvalue weighted by molar-refractivity contribution is -0.141. The van der Waals surface area contributed by atoms with E-state index in [9.17, 15) is 19.5 Å². The Bertz CT molecular complexity index is 1590. The number of fused-ring (bicyclic) bond motifs is 1. The first-order chi connectivity index (χ1) is 18.9. The number of nitrogens with zero attached hydrogens (tertiary/aromatic N) is 4. The summed E-state index contributed by atoms with van der Waals surface area (Å²) in [6, 6.07) is 9.90. The second-order valence-corrected chi connectivity index (χ2v) is 11.6. The van der Waals surface area contributed by atoms with Crippen LogP contribution in [0.25, 0.3) is 33.5 Å². The molecule has 0 saturated heterocycles. The average Bonchev–Trinajstić information content (AvgIpc) is 3.29. The molecule has 1 atom stereocenters. The Balaban J connectivity index is 1.32. The highest BCUT2D eigenvalue weighted by molar-refractivity contribution is 7.14. The molecule has 2 saturated carbocycles. The molecule has 2 fully saturated rings. The topological polar surface area (TPSA) is 121 Å². The number of aliphatic carboxylic acids is 1. The number of nitrogens with one attached hydrogen (secondary N) is 1. The van der Waals surface area contributed by atoms with E-state index >= 15 is 0 Å². The zero-order valence-corrected chi connectivity index (χ0v) is 22.6. The van der Waals surface area contributed by atoms with E-state index < -0.39 is 11.9 Å². The van der Waals surface area contributed by atoms with Crippen LogP contribution in [-0.2, 0) is 16.6 Å². The van der Waals surface area contributed by atoms with Crippen molar-refractivity contribution in [1.29, 1.82) is 0 Å². The molecule has 2 aliphatic rings. The fourth-order valence-corrected chi connectivity index (χ4v) is 6.69. The van der Waals surface area contributed by atoms with Crippen LogP contribution in [0, 0.1) is 11.8 Å². The van der Waals surface area contributed by atoms with Crippen LogP contribution < -0.4 is 10.6 Å². The van der Waals surface area contributed by atoms with Crippen LogP contribution in [0.3, 0.4) is 0 Å². The highest BCUT2D eigenvalue weighted by Crippen LogP contribution is 2.40. The van der Waals surface area contributed by atoms with Crippen molar-refractivity contribution in [3.8, 4) is 22.4 Å². The number of aryl methyl sites for hydroxylation is 1. The Hall–Kier alpha value is -3.79. The molecule has 3 aromatic heterocycles. The maximum absolute atomic E-state index is 13.8. The zero-order chi connectivity index (χ0) is 27.1. The maximum Gasteiger partial charge on any atom is 0.327 e. The Morgan fingerprint density at radius 1 is 1.18 bits per heavy atom. The molecule has 0 aliphatic heterocycles. The summed E-state index contributed by atoms with van der Waals surface area (Å²) in [5.74, 6) is -1.15. The van der Waals surface area contributed by atoms with E-state index in [4.69, 9.17) is 4.98 Å². The van der Waals surface area contributed by atoms with Gasteiger partial charge in [-0.05, 0) is 36.8 Å². The molecule has 1 amide bonds. The Kier molecular flexibility index (Phi) is 6.80. The van der Waals surface area contributed by atoms with Gasteiger partial charge in [-0.2, -0.15) is 0 Å². The van der Waals surface area contributed by atoms with Gasteiger partial charge in [-0.3, -0.25) is 24.0 Å². The number of aromatic amines is 1. The van der Waals surface area contributed by atoms with Crippen molar-refractivity contribution in [3.63, 3.8) is 0 Å². The summed E-state index contributed by atoms with van der Waals surface area (Å²) in [5, 5.41) is 12.2. The van der Waals surface area contributed by atoms with Crippen LogP contribution in [0.5, 0.6) is 0 Å². The van der Waals surface area contributed by atoms with Crippen LogP contribution >= 0.6 is 11.3 Å². The predicted molar refractivity (Wildman–Crippen MR) is 151 cm³/mol.